The third-order valence-corrected chi connectivity index (χ3v) is 4.99. The molecule has 0 radical (unpaired) electrons. The number of hydrogen-bond acceptors (Lipinski definition) is 4. The Kier molecular flexibility index (Phi) is 5.51. The van der Waals surface area contributed by atoms with Gasteiger partial charge in [-0.25, -0.2) is 0 Å². The van der Waals surface area contributed by atoms with Crippen molar-refractivity contribution in [3.63, 3.8) is 0 Å². The van der Waals surface area contributed by atoms with Gasteiger partial charge in [-0.15, -0.1) is 0 Å². The summed E-state index contributed by atoms with van der Waals surface area (Å²) in [7, 11) is 0. The number of piperazine rings is 1. The van der Waals surface area contributed by atoms with Crippen LogP contribution in [0.1, 0.15) is 25.7 Å². The minimum atomic E-state index is -0.423. The van der Waals surface area contributed by atoms with E-state index in [1.165, 1.54) is 6.42 Å². The summed E-state index contributed by atoms with van der Waals surface area (Å²) in [5.74, 6) is -0.790. The van der Waals surface area contributed by atoms with E-state index in [2.05, 4.69) is 16.9 Å². The van der Waals surface area contributed by atoms with Crippen LogP contribution in [0.4, 0.5) is 0 Å². The van der Waals surface area contributed by atoms with Gasteiger partial charge >= 0.3 is 11.8 Å². The van der Waals surface area contributed by atoms with Gasteiger partial charge in [0, 0.05) is 37.5 Å². The van der Waals surface area contributed by atoms with Crippen LogP contribution in [0.25, 0.3) is 0 Å². The summed E-state index contributed by atoms with van der Waals surface area (Å²) in [6.45, 7) is 2.81. The molecule has 0 spiro atoms. The van der Waals surface area contributed by atoms with Crippen LogP contribution in [0, 0.1) is 0 Å². The second-order valence-corrected chi connectivity index (χ2v) is 6.37. The van der Waals surface area contributed by atoms with Crippen molar-refractivity contribution in [3.05, 3.63) is 0 Å². The topological polar surface area (TPSA) is 61.4 Å². The van der Waals surface area contributed by atoms with E-state index < -0.39 is 5.91 Å². The number of thioether (sulfide) groups is 1. The zero-order valence-electron chi connectivity index (χ0n) is 11.5. The molecule has 1 heterocycles. The summed E-state index contributed by atoms with van der Waals surface area (Å²) in [6, 6.07) is 0.172. The van der Waals surface area contributed by atoms with Crippen molar-refractivity contribution in [3.8, 4) is 0 Å². The molecule has 1 aliphatic carbocycles. The highest BCUT2D eigenvalue weighted by atomic mass is 32.2. The third kappa shape index (κ3) is 4.11. The van der Waals surface area contributed by atoms with E-state index in [1.807, 2.05) is 11.8 Å². The quantitative estimate of drug-likeness (QED) is 0.712. The molecule has 6 heteroatoms. The highest BCUT2D eigenvalue weighted by Crippen LogP contribution is 2.26. The fourth-order valence-electron chi connectivity index (χ4n) is 2.75. The minimum Gasteiger partial charge on any atom is -0.345 e. The first-order valence-corrected chi connectivity index (χ1v) is 8.32. The Morgan fingerprint density at radius 1 is 1.26 bits per heavy atom. The zero-order chi connectivity index (χ0) is 13.7. The van der Waals surface area contributed by atoms with Crippen LogP contribution >= 0.6 is 11.8 Å². The maximum atomic E-state index is 12.0. The Morgan fingerprint density at radius 3 is 2.68 bits per heavy atom. The average Bonchev–Trinajstić information content (AvgIpc) is 2.47. The van der Waals surface area contributed by atoms with Crippen molar-refractivity contribution in [1.29, 1.82) is 0 Å². The smallest absolute Gasteiger partial charge is 0.311 e. The van der Waals surface area contributed by atoms with Gasteiger partial charge in [0.1, 0.15) is 0 Å². The van der Waals surface area contributed by atoms with Crippen molar-refractivity contribution >= 4 is 23.6 Å². The molecule has 2 amide bonds. The van der Waals surface area contributed by atoms with Crippen molar-refractivity contribution in [2.45, 2.75) is 37.0 Å². The normalized spacial score (nSPS) is 27.9. The first kappa shape index (κ1) is 14.7. The van der Waals surface area contributed by atoms with Crippen LogP contribution in [0.3, 0.4) is 0 Å². The fourth-order valence-corrected chi connectivity index (χ4v) is 3.58. The average molecular weight is 285 g/mol. The van der Waals surface area contributed by atoms with Crippen LogP contribution in [0.5, 0.6) is 0 Å². The maximum Gasteiger partial charge on any atom is 0.311 e. The summed E-state index contributed by atoms with van der Waals surface area (Å²) >= 11 is 1.86. The Hall–Kier alpha value is -0.750. The van der Waals surface area contributed by atoms with Gasteiger partial charge in [-0.3, -0.25) is 9.59 Å². The molecule has 0 aromatic rings. The number of amides is 2. The molecule has 5 nitrogen and oxygen atoms in total. The van der Waals surface area contributed by atoms with Crippen LogP contribution < -0.4 is 10.6 Å². The molecule has 0 aromatic heterocycles. The molecule has 2 atom stereocenters. The van der Waals surface area contributed by atoms with Gasteiger partial charge in [-0.1, -0.05) is 6.42 Å². The molecule has 2 rings (SSSR count). The standard InChI is InChI=1S/C13H23N3O2S/c1-19-11-4-2-3-10(9-11)15-12(17)13(18)16-7-5-14-6-8-16/h10-11,14H,2-9H2,1H3,(H,15,17). The van der Waals surface area contributed by atoms with E-state index in [0.717, 1.165) is 32.4 Å². The number of nitrogens with one attached hydrogen (secondary N) is 2. The van der Waals surface area contributed by atoms with Crippen LogP contribution in [-0.2, 0) is 9.59 Å². The van der Waals surface area contributed by atoms with E-state index in [4.69, 9.17) is 0 Å². The lowest BCUT2D eigenvalue weighted by molar-refractivity contribution is -0.146. The molecule has 2 fully saturated rings. The Labute approximate surface area is 118 Å². The zero-order valence-corrected chi connectivity index (χ0v) is 12.3. The largest absolute Gasteiger partial charge is 0.345 e. The second-order valence-electron chi connectivity index (χ2n) is 5.24. The first-order chi connectivity index (χ1) is 9.20. The van der Waals surface area contributed by atoms with Gasteiger partial charge in [0.2, 0.25) is 0 Å². The second kappa shape index (κ2) is 7.14. The predicted molar refractivity (Wildman–Crippen MR) is 77.2 cm³/mol. The summed E-state index contributed by atoms with van der Waals surface area (Å²) in [4.78, 5) is 25.6. The van der Waals surface area contributed by atoms with E-state index in [0.29, 0.717) is 18.3 Å². The lowest BCUT2D eigenvalue weighted by Crippen LogP contribution is -2.53. The van der Waals surface area contributed by atoms with Gasteiger partial charge in [-0.2, -0.15) is 11.8 Å². The molecule has 2 N–H and O–H groups in total. The number of carbonyl (C=O) groups excluding carboxylic acids is 2. The molecule has 1 saturated heterocycles. The summed E-state index contributed by atoms with van der Waals surface area (Å²) in [5, 5.41) is 6.71. The van der Waals surface area contributed by atoms with Crippen LogP contribution in [0.2, 0.25) is 0 Å². The Balaban J connectivity index is 1.80. The van der Waals surface area contributed by atoms with E-state index in [-0.39, 0.29) is 11.9 Å². The number of hydrogen-bond donors (Lipinski definition) is 2. The Morgan fingerprint density at radius 2 is 2.00 bits per heavy atom. The monoisotopic (exact) mass is 285 g/mol. The molecule has 0 aromatic carbocycles. The molecular formula is C13H23N3O2S. The maximum absolute atomic E-state index is 12.0. The fraction of sp³-hybridized carbons (Fsp3) is 0.846. The number of rotatable bonds is 2. The van der Waals surface area contributed by atoms with Crippen molar-refractivity contribution in [2.75, 3.05) is 32.4 Å². The molecule has 2 aliphatic rings. The SMILES string of the molecule is CSC1CCCC(NC(=O)C(=O)N2CCNCC2)C1. The van der Waals surface area contributed by atoms with Crippen molar-refractivity contribution < 1.29 is 9.59 Å². The van der Waals surface area contributed by atoms with E-state index >= 15 is 0 Å². The van der Waals surface area contributed by atoms with Gasteiger partial charge in [0.25, 0.3) is 0 Å². The highest BCUT2D eigenvalue weighted by molar-refractivity contribution is 7.99. The molecular weight excluding hydrogens is 262 g/mol. The van der Waals surface area contributed by atoms with Crippen LogP contribution in [-0.4, -0.2) is 60.4 Å². The molecule has 108 valence electrons. The molecule has 1 saturated carbocycles. The summed E-state index contributed by atoms with van der Waals surface area (Å²) in [6.07, 6.45) is 6.46. The van der Waals surface area contributed by atoms with Crippen LogP contribution in [0.15, 0.2) is 0 Å². The summed E-state index contributed by atoms with van der Waals surface area (Å²) < 4.78 is 0. The van der Waals surface area contributed by atoms with Crippen molar-refractivity contribution in [1.82, 2.24) is 15.5 Å². The van der Waals surface area contributed by atoms with Gasteiger partial charge in [0.15, 0.2) is 0 Å². The lowest BCUT2D eigenvalue weighted by atomic mass is 9.95. The van der Waals surface area contributed by atoms with Gasteiger partial charge in [0.05, 0.1) is 0 Å². The lowest BCUT2D eigenvalue weighted by Gasteiger charge is -2.30. The van der Waals surface area contributed by atoms with E-state index in [9.17, 15) is 9.59 Å². The van der Waals surface area contributed by atoms with Crippen molar-refractivity contribution in [2.24, 2.45) is 0 Å². The molecule has 0 bridgehead atoms. The molecule has 2 unspecified atom stereocenters. The third-order valence-electron chi connectivity index (χ3n) is 3.89. The van der Waals surface area contributed by atoms with E-state index in [1.54, 1.807) is 4.90 Å². The molecule has 19 heavy (non-hydrogen) atoms. The predicted octanol–water partition coefficient (Wildman–Crippen LogP) is 0.209. The van der Waals surface area contributed by atoms with Gasteiger partial charge < -0.3 is 15.5 Å². The number of nitrogens with zero attached hydrogens (tertiary/aromatic N) is 1. The van der Waals surface area contributed by atoms with Gasteiger partial charge in [-0.05, 0) is 25.5 Å². The first-order valence-electron chi connectivity index (χ1n) is 7.04. The minimum absolute atomic E-state index is 0.172. The number of carbonyl (C=O) groups is 2. The summed E-state index contributed by atoms with van der Waals surface area (Å²) in [5.41, 5.74) is 0. The highest BCUT2D eigenvalue weighted by Gasteiger charge is 2.27. The Bertz CT molecular complexity index is 332. The molecule has 1 aliphatic heterocycles.